The van der Waals surface area contributed by atoms with Gasteiger partial charge in [0.1, 0.15) is 5.78 Å². The standard InChI is InChI=1S/C8H14F3NO.C2H6/c1-5(8(9,10)11)4-7(12-3)6(2)13;1-2/h5,7,12H,4H2,1-3H3;1-2H3. The van der Waals surface area contributed by atoms with Crippen LogP contribution in [0.5, 0.6) is 0 Å². The summed E-state index contributed by atoms with van der Waals surface area (Å²) < 4.78 is 36.2. The Morgan fingerprint density at radius 1 is 1.33 bits per heavy atom. The third-order valence-electron chi connectivity index (χ3n) is 1.99. The highest BCUT2D eigenvalue weighted by Gasteiger charge is 2.37. The number of nitrogens with one attached hydrogen (secondary N) is 1. The quantitative estimate of drug-likeness (QED) is 0.800. The highest BCUT2D eigenvalue weighted by molar-refractivity contribution is 5.81. The van der Waals surface area contributed by atoms with E-state index in [0.717, 1.165) is 6.92 Å². The zero-order chi connectivity index (χ0) is 12.6. The maximum atomic E-state index is 12.1. The molecule has 0 saturated heterocycles. The highest BCUT2D eigenvalue weighted by atomic mass is 19.4. The lowest BCUT2D eigenvalue weighted by molar-refractivity contribution is -0.172. The molecule has 0 aromatic heterocycles. The summed E-state index contributed by atoms with van der Waals surface area (Å²) >= 11 is 0. The number of likely N-dealkylation sites (N-methyl/N-ethyl adjacent to an activating group) is 1. The van der Waals surface area contributed by atoms with E-state index in [1.807, 2.05) is 13.8 Å². The summed E-state index contributed by atoms with van der Waals surface area (Å²) in [4.78, 5) is 10.8. The van der Waals surface area contributed by atoms with Crippen molar-refractivity contribution in [2.75, 3.05) is 7.05 Å². The number of ketones is 1. The van der Waals surface area contributed by atoms with Gasteiger partial charge in [0, 0.05) is 0 Å². The molecule has 0 heterocycles. The zero-order valence-electron chi connectivity index (χ0n) is 9.90. The van der Waals surface area contributed by atoms with Crippen LogP contribution in [0.15, 0.2) is 0 Å². The molecule has 5 heteroatoms. The minimum atomic E-state index is -4.22. The van der Waals surface area contributed by atoms with Gasteiger partial charge in [0.2, 0.25) is 0 Å². The molecule has 0 aromatic rings. The Morgan fingerprint density at radius 3 is 1.93 bits per heavy atom. The molecule has 92 valence electrons. The van der Waals surface area contributed by atoms with E-state index < -0.39 is 18.1 Å². The monoisotopic (exact) mass is 227 g/mol. The molecule has 2 atom stereocenters. The molecule has 0 aliphatic heterocycles. The van der Waals surface area contributed by atoms with E-state index in [1.54, 1.807) is 0 Å². The topological polar surface area (TPSA) is 29.1 Å². The van der Waals surface area contributed by atoms with Crippen molar-refractivity contribution in [1.82, 2.24) is 5.32 Å². The lowest BCUT2D eigenvalue weighted by atomic mass is 9.99. The van der Waals surface area contributed by atoms with Crippen molar-refractivity contribution in [2.45, 2.75) is 46.3 Å². The lowest BCUT2D eigenvalue weighted by Gasteiger charge is -2.20. The summed E-state index contributed by atoms with van der Waals surface area (Å²) in [7, 11) is 1.48. The van der Waals surface area contributed by atoms with Crippen LogP contribution in [0.25, 0.3) is 0 Å². The molecule has 0 spiro atoms. The van der Waals surface area contributed by atoms with E-state index in [4.69, 9.17) is 0 Å². The number of rotatable bonds is 4. The number of Topliss-reactive ketones (excluding diaryl/α,β-unsaturated/α-hetero) is 1. The minimum absolute atomic E-state index is 0.199. The van der Waals surface area contributed by atoms with E-state index in [2.05, 4.69) is 5.32 Å². The molecule has 0 aromatic carbocycles. The van der Waals surface area contributed by atoms with Crippen LogP contribution >= 0.6 is 0 Å². The van der Waals surface area contributed by atoms with Crippen LogP contribution in [-0.2, 0) is 4.79 Å². The second kappa shape index (κ2) is 7.68. The number of hydrogen-bond acceptors (Lipinski definition) is 2. The average molecular weight is 227 g/mol. The van der Waals surface area contributed by atoms with E-state index >= 15 is 0 Å². The maximum absolute atomic E-state index is 12.1. The molecular weight excluding hydrogens is 207 g/mol. The zero-order valence-corrected chi connectivity index (χ0v) is 9.90. The molecule has 0 aliphatic carbocycles. The molecule has 0 rings (SSSR count). The van der Waals surface area contributed by atoms with E-state index in [1.165, 1.54) is 14.0 Å². The number of alkyl halides is 3. The molecule has 0 saturated carbocycles. The van der Waals surface area contributed by atoms with Gasteiger partial charge in [-0.1, -0.05) is 20.8 Å². The fraction of sp³-hybridized carbons (Fsp3) is 0.900. The van der Waals surface area contributed by atoms with Crippen molar-refractivity contribution < 1.29 is 18.0 Å². The predicted octanol–water partition coefficient (Wildman–Crippen LogP) is 2.78. The lowest BCUT2D eigenvalue weighted by Crippen LogP contribution is -2.37. The summed E-state index contributed by atoms with van der Waals surface area (Å²) in [6.45, 7) is 6.36. The average Bonchev–Trinajstić information content (AvgIpc) is 2.14. The van der Waals surface area contributed by atoms with Crippen LogP contribution in [-0.4, -0.2) is 25.0 Å². The molecule has 0 aliphatic rings. The summed E-state index contributed by atoms with van der Waals surface area (Å²) in [6, 6.07) is -0.698. The highest BCUT2D eigenvalue weighted by Crippen LogP contribution is 2.29. The summed E-state index contributed by atoms with van der Waals surface area (Å²) in [5.74, 6) is -1.72. The van der Waals surface area contributed by atoms with Gasteiger partial charge in [0.15, 0.2) is 0 Å². The summed E-state index contributed by atoms with van der Waals surface area (Å²) in [5, 5.41) is 2.55. The van der Waals surface area contributed by atoms with Crippen LogP contribution < -0.4 is 5.32 Å². The molecule has 2 nitrogen and oxygen atoms in total. The summed E-state index contributed by atoms with van der Waals surface area (Å²) in [6.07, 6.45) is -4.42. The first kappa shape index (κ1) is 16.8. The fourth-order valence-electron chi connectivity index (χ4n) is 0.974. The predicted molar refractivity (Wildman–Crippen MR) is 54.7 cm³/mol. The van der Waals surface area contributed by atoms with Crippen LogP contribution in [0.3, 0.4) is 0 Å². The van der Waals surface area contributed by atoms with Crippen LogP contribution in [0.1, 0.15) is 34.1 Å². The minimum Gasteiger partial charge on any atom is -0.311 e. The smallest absolute Gasteiger partial charge is 0.311 e. The molecule has 0 amide bonds. The van der Waals surface area contributed by atoms with Crippen molar-refractivity contribution in [2.24, 2.45) is 5.92 Å². The fourth-order valence-corrected chi connectivity index (χ4v) is 0.974. The molecular formula is C10H20F3NO. The Kier molecular flexibility index (Phi) is 8.62. The van der Waals surface area contributed by atoms with Crippen LogP contribution in [0.2, 0.25) is 0 Å². The van der Waals surface area contributed by atoms with E-state index in [-0.39, 0.29) is 12.2 Å². The number of halogens is 3. The summed E-state index contributed by atoms with van der Waals surface area (Å²) in [5.41, 5.74) is 0. The normalized spacial score (nSPS) is 14.9. The van der Waals surface area contributed by atoms with Gasteiger partial charge in [0.05, 0.1) is 12.0 Å². The van der Waals surface area contributed by atoms with Crippen molar-refractivity contribution in [3.63, 3.8) is 0 Å². The van der Waals surface area contributed by atoms with Crippen LogP contribution in [0, 0.1) is 5.92 Å². The van der Waals surface area contributed by atoms with Crippen molar-refractivity contribution in [3.8, 4) is 0 Å². The van der Waals surface area contributed by atoms with Gasteiger partial charge in [-0.2, -0.15) is 13.2 Å². The van der Waals surface area contributed by atoms with Gasteiger partial charge in [-0.05, 0) is 20.4 Å². The van der Waals surface area contributed by atoms with Gasteiger partial charge in [-0.15, -0.1) is 0 Å². The van der Waals surface area contributed by atoms with E-state index in [9.17, 15) is 18.0 Å². The van der Waals surface area contributed by atoms with Crippen molar-refractivity contribution in [1.29, 1.82) is 0 Å². The molecule has 0 bridgehead atoms. The first-order chi connectivity index (χ1) is 6.79. The third kappa shape index (κ3) is 7.36. The Hall–Kier alpha value is -0.580. The first-order valence-electron chi connectivity index (χ1n) is 5.03. The molecule has 2 unspecified atom stereocenters. The van der Waals surface area contributed by atoms with Crippen LogP contribution in [0.4, 0.5) is 13.2 Å². The number of carbonyl (C=O) groups is 1. The number of hydrogen-bond donors (Lipinski definition) is 1. The Bertz CT molecular complexity index is 180. The molecule has 1 N–H and O–H groups in total. The van der Waals surface area contributed by atoms with Gasteiger partial charge >= 0.3 is 6.18 Å². The van der Waals surface area contributed by atoms with Gasteiger partial charge in [-0.25, -0.2) is 0 Å². The van der Waals surface area contributed by atoms with Gasteiger partial charge < -0.3 is 5.32 Å². The second-order valence-corrected chi connectivity index (χ2v) is 3.13. The Morgan fingerprint density at radius 2 is 1.73 bits per heavy atom. The maximum Gasteiger partial charge on any atom is 0.391 e. The second-order valence-electron chi connectivity index (χ2n) is 3.13. The Labute approximate surface area is 89.2 Å². The van der Waals surface area contributed by atoms with Crippen molar-refractivity contribution in [3.05, 3.63) is 0 Å². The molecule has 0 radical (unpaired) electrons. The van der Waals surface area contributed by atoms with Gasteiger partial charge in [0.25, 0.3) is 0 Å². The number of carbonyl (C=O) groups excluding carboxylic acids is 1. The Balaban J connectivity index is 0. The molecule has 0 fully saturated rings. The SMILES string of the molecule is CC.CNC(CC(C)C(F)(F)F)C(C)=O. The van der Waals surface area contributed by atoms with Crippen molar-refractivity contribution >= 4 is 5.78 Å². The molecule has 15 heavy (non-hydrogen) atoms. The van der Waals surface area contributed by atoms with E-state index in [0.29, 0.717) is 0 Å². The largest absolute Gasteiger partial charge is 0.391 e. The van der Waals surface area contributed by atoms with Gasteiger partial charge in [-0.3, -0.25) is 4.79 Å². The first-order valence-corrected chi connectivity index (χ1v) is 5.03. The third-order valence-corrected chi connectivity index (χ3v) is 1.99.